The molecular formula is C23H29N3O4S2. The smallest absolute Gasteiger partial charge is 0.256 e. The average Bonchev–Trinajstić information content (AvgIpc) is 3.16. The molecule has 1 saturated heterocycles. The van der Waals surface area contributed by atoms with Gasteiger partial charge in [0.25, 0.3) is 11.8 Å². The molecule has 2 N–H and O–H groups in total. The van der Waals surface area contributed by atoms with E-state index in [0.29, 0.717) is 35.1 Å². The molecule has 1 aromatic heterocycles. The number of aryl methyl sites for hydroxylation is 1. The molecule has 1 aromatic carbocycles. The summed E-state index contributed by atoms with van der Waals surface area (Å²) < 4.78 is 27.4. The second-order valence-electron chi connectivity index (χ2n) is 8.58. The zero-order chi connectivity index (χ0) is 22.9. The zero-order valence-electron chi connectivity index (χ0n) is 18.4. The molecule has 1 fully saturated rings. The molecular weight excluding hydrogens is 446 g/mol. The molecule has 2 amide bonds. The first-order chi connectivity index (χ1) is 15.3. The van der Waals surface area contributed by atoms with Gasteiger partial charge in [0.1, 0.15) is 5.00 Å². The van der Waals surface area contributed by atoms with E-state index < -0.39 is 10.0 Å². The van der Waals surface area contributed by atoms with Gasteiger partial charge in [-0.3, -0.25) is 9.59 Å². The fourth-order valence-corrected chi connectivity index (χ4v) is 7.37. The lowest BCUT2D eigenvalue weighted by Gasteiger charge is -2.30. The molecule has 7 nitrogen and oxygen atoms in total. The average molecular weight is 476 g/mol. The van der Waals surface area contributed by atoms with Gasteiger partial charge in [0.2, 0.25) is 10.0 Å². The molecule has 1 atom stereocenters. The highest BCUT2D eigenvalue weighted by molar-refractivity contribution is 7.89. The largest absolute Gasteiger partial charge is 0.355 e. The van der Waals surface area contributed by atoms with Gasteiger partial charge >= 0.3 is 0 Å². The van der Waals surface area contributed by atoms with Crippen molar-refractivity contribution < 1.29 is 18.0 Å². The maximum absolute atomic E-state index is 13.0. The Morgan fingerprint density at radius 2 is 1.78 bits per heavy atom. The molecule has 172 valence electrons. The van der Waals surface area contributed by atoms with Crippen molar-refractivity contribution >= 4 is 38.2 Å². The zero-order valence-corrected chi connectivity index (χ0v) is 20.1. The summed E-state index contributed by atoms with van der Waals surface area (Å²) in [6.45, 7) is 3.11. The van der Waals surface area contributed by atoms with E-state index in [1.807, 2.05) is 0 Å². The molecule has 0 unspecified atom stereocenters. The second kappa shape index (κ2) is 9.33. The van der Waals surface area contributed by atoms with Crippen LogP contribution in [0.4, 0.5) is 5.00 Å². The molecule has 2 heterocycles. The van der Waals surface area contributed by atoms with E-state index in [-0.39, 0.29) is 16.7 Å². The third kappa shape index (κ3) is 4.46. The van der Waals surface area contributed by atoms with E-state index in [0.717, 1.165) is 49.0 Å². The summed E-state index contributed by atoms with van der Waals surface area (Å²) in [5.74, 6) is -0.212. The Morgan fingerprint density at radius 3 is 2.47 bits per heavy atom. The molecule has 9 heteroatoms. The van der Waals surface area contributed by atoms with Gasteiger partial charge in [-0.05, 0) is 74.3 Å². The molecule has 2 aromatic rings. The Hall–Kier alpha value is -2.23. The summed E-state index contributed by atoms with van der Waals surface area (Å²) in [6, 6.07) is 6.04. The van der Waals surface area contributed by atoms with Crippen LogP contribution < -0.4 is 10.6 Å². The fraction of sp³-hybridized carbons (Fsp3) is 0.478. The predicted molar refractivity (Wildman–Crippen MR) is 126 cm³/mol. The molecule has 0 saturated carbocycles. The summed E-state index contributed by atoms with van der Waals surface area (Å²) in [7, 11) is -1.98. The Bertz CT molecular complexity index is 1120. The quantitative estimate of drug-likeness (QED) is 0.690. The number of amides is 2. The molecule has 2 aliphatic rings. The van der Waals surface area contributed by atoms with E-state index in [2.05, 4.69) is 17.6 Å². The van der Waals surface area contributed by atoms with Crippen molar-refractivity contribution in [3.63, 3.8) is 0 Å². The van der Waals surface area contributed by atoms with Crippen molar-refractivity contribution in [3.8, 4) is 0 Å². The normalized spacial score (nSPS) is 19.2. The number of thiophene rings is 1. The number of anilines is 1. The van der Waals surface area contributed by atoms with Gasteiger partial charge in [-0.15, -0.1) is 11.3 Å². The van der Waals surface area contributed by atoms with Gasteiger partial charge in [0.15, 0.2) is 0 Å². The van der Waals surface area contributed by atoms with E-state index >= 15 is 0 Å². The van der Waals surface area contributed by atoms with Crippen molar-refractivity contribution in [2.75, 3.05) is 25.5 Å². The minimum atomic E-state index is -3.57. The van der Waals surface area contributed by atoms with Crippen LogP contribution in [0, 0.1) is 5.92 Å². The number of nitrogens with zero attached hydrogens (tertiary/aromatic N) is 1. The number of nitrogens with one attached hydrogen (secondary N) is 2. The Balaban J connectivity index is 1.54. The van der Waals surface area contributed by atoms with Gasteiger partial charge < -0.3 is 10.6 Å². The third-order valence-corrected chi connectivity index (χ3v) is 9.31. The molecule has 4 rings (SSSR count). The van der Waals surface area contributed by atoms with Crippen molar-refractivity contribution in [1.29, 1.82) is 0 Å². The highest BCUT2D eigenvalue weighted by atomic mass is 32.2. The fourth-order valence-electron chi connectivity index (χ4n) is 4.49. The number of fused-ring (bicyclic) bond motifs is 1. The summed E-state index contributed by atoms with van der Waals surface area (Å²) in [6.07, 6.45) is 5.77. The summed E-state index contributed by atoms with van der Waals surface area (Å²) in [4.78, 5) is 26.7. The summed E-state index contributed by atoms with van der Waals surface area (Å²) in [5.41, 5.74) is 1.94. The first-order valence-corrected chi connectivity index (χ1v) is 13.3. The number of piperidine rings is 1. The van der Waals surface area contributed by atoms with Crippen molar-refractivity contribution in [2.24, 2.45) is 5.92 Å². The highest BCUT2D eigenvalue weighted by Crippen LogP contribution is 2.38. The SMILES string of the molecule is CNC(=O)c1c(NC(=O)c2ccc(S(=O)(=O)N3CCC[C@@H](C)C3)cc2)sc2c1CCCC2. The number of hydrogen-bond acceptors (Lipinski definition) is 5. The Morgan fingerprint density at radius 1 is 1.06 bits per heavy atom. The van der Waals surface area contributed by atoms with Crippen LogP contribution in [0.2, 0.25) is 0 Å². The Labute approximate surface area is 193 Å². The van der Waals surface area contributed by atoms with Gasteiger partial charge in [0, 0.05) is 30.6 Å². The van der Waals surface area contributed by atoms with Crippen LogP contribution in [0.1, 0.15) is 63.8 Å². The van der Waals surface area contributed by atoms with Crippen LogP contribution in [-0.4, -0.2) is 44.7 Å². The van der Waals surface area contributed by atoms with Crippen LogP contribution in [0.3, 0.4) is 0 Å². The molecule has 32 heavy (non-hydrogen) atoms. The Kier molecular flexibility index (Phi) is 6.69. The van der Waals surface area contributed by atoms with Crippen molar-refractivity contribution in [2.45, 2.75) is 50.3 Å². The van der Waals surface area contributed by atoms with Crippen LogP contribution >= 0.6 is 11.3 Å². The first-order valence-electron chi connectivity index (χ1n) is 11.1. The number of carbonyl (C=O) groups excluding carboxylic acids is 2. The van der Waals surface area contributed by atoms with Gasteiger partial charge in [-0.2, -0.15) is 4.31 Å². The van der Waals surface area contributed by atoms with Crippen molar-refractivity contribution in [3.05, 3.63) is 45.8 Å². The number of rotatable bonds is 5. The van der Waals surface area contributed by atoms with Gasteiger partial charge in [-0.25, -0.2) is 8.42 Å². The van der Waals surface area contributed by atoms with Crippen molar-refractivity contribution in [1.82, 2.24) is 9.62 Å². The maximum atomic E-state index is 13.0. The lowest BCUT2D eigenvalue weighted by atomic mass is 9.95. The van der Waals surface area contributed by atoms with E-state index in [1.54, 1.807) is 7.05 Å². The van der Waals surface area contributed by atoms with E-state index in [9.17, 15) is 18.0 Å². The standard InChI is InChI=1S/C23H29N3O4S2/c1-15-6-5-13-26(14-15)32(29,30)17-11-9-16(10-12-17)21(27)25-23-20(22(28)24-2)18-7-3-4-8-19(18)31-23/h9-12,15H,3-8,13-14H2,1-2H3,(H,24,28)(H,25,27)/t15-/m1/s1. The molecule has 0 spiro atoms. The molecule has 0 radical (unpaired) electrons. The molecule has 1 aliphatic heterocycles. The first kappa shape index (κ1) is 22.9. The number of carbonyl (C=O) groups is 2. The third-order valence-electron chi connectivity index (χ3n) is 6.23. The van der Waals surface area contributed by atoms with Crippen LogP contribution in [0.25, 0.3) is 0 Å². The van der Waals surface area contributed by atoms with E-state index in [4.69, 9.17) is 0 Å². The second-order valence-corrected chi connectivity index (χ2v) is 11.6. The minimum absolute atomic E-state index is 0.195. The lowest BCUT2D eigenvalue weighted by molar-refractivity contribution is 0.0963. The number of hydrogen-bond donors (Lipinski definition) is 2. The lowest BCUT2D eigenvalue weighted by Crippen LogP contribution is -2.39. The van der Waals surface area contributed by atoms with Crippen LogP contribution in [0.15, 0.2) is 29.2 Å². The monoisotopic (exact) mass is 475 g/mol. The van der Waals surface area contributed by atoms with Crippen LogP contribution in [0.5, 0.6) is 0 Å². The topological polar surface area (TPSA) is 95.6 Å². The summed E-state index contributed by atoms with van der Waals surface area (Å²) in [5, 5.41) is 6.12. The molecule has 0 bridgehead atoms. The van der Waals surface area contributed by atoms with Gasteiger partial charge in [-0.1, -0.05) is 6.92 Å². The van der Waals surface area contributed by atoms with Crippen LogP contribution in [-0.2, 0) is 22.9 Å². The number of benzene rings is 1. The summed E-state index contributed by atoms with van der Waals surface area (Å²) >= 11 is 1.46. The number of sulfonamides is 1. The highest BCUT2D eigenvalue weighted by Gasteiger charge is 2.29. The maximum Gasteiger partial charge on any atom is 0.256 e. The van der Waals surface area contributed by atoms with Gasteiger partial charge in [0.05, 0.1) is 10.5 Å². The predicted octanol–water partition coefficient (Wildman–Crippen LogP) is 3.66. The molecule has 1 aliphatic carbocycles. The van der Waals surface area contributed by atoms with E-state index in [1.165, 1.54) is 39.9 Å². The minimum Gasteiger partial charge on any atom is -0.355 e.